The first-order valence-corrected chi connectivity index (χ1v) is 11.0. The number of aryl methyl sites for hydroxylation is 1. The van der Waals surface area contributed by atoms with Crippen molar-refractivity contribution in [3.8, 4) is 5.75 Å². The van der Waals surface area contributed by atoms with Gasteiger partial charge in [-0.2, -0.15) is 4.31 Å². The zero-order chi connectivity index (χ0) is 21.0. The molecule has 2 heterocycles. The lowest BCUT2D eigenvalue weighted by Crippen LogP contribution is -2.40. The number of hydrogen-bond donors (Lipinski definition) is 1. The van der Waals surface area contributed by atoms with Crippen LogP contribution in [-0.2, 0) is 21.9 Å². The van der Waals surface area contributed by atoms with Gasteiger partial charge in [-0.3, -0.25) is 4.79 Å². The molecule has 0 aliphatic heterocycles. The SMILES string of the molecule is COc1ccc(C(NC(=O)CN(C)S(=O)(=O)c2cccs2)c2nccn2C)cc1. The Morgan fingerprint density at radius 2 is 2.03 bits per heavy atom. The van der Waals surface area contributed by atoms with Crippen molar-refractivity contribution in [3.05, 3.63) is 65.6 Å². The van der Waals surface area contributed by atoms with E-state index in [9.17, 15) is 13.2 Å². The van der Waals surface area contributed by atoms with Gasteiger partial charge in [-0.25, -0.2) is 13.4 Å². The number of benzene rings is 1. The number of methoxy groups -OCH3 is 1. The van der Waals surface area contributed by atoms with Crippen LogP contribution in [0.5, 0.6) is 5.75 Å². The molecule has 0 saturated carbocycles. The van der Waals surface area contributed by atoms with Gasteiger partial charge in [0.15, 0.2) is 0 Å². The third-order valence-corrected chi connectivity index (χ3v) is 7.57. The Labute approximate surface area is 173 Å². The summed E-state index contributed by atoms with van der Waals surface area (Å²) in [7, 11) is 1.09. The smallest absolute Gasteiger partial charge is 0.252 e. The molecule has 0 fully saturated rings. The van der Waals surface area contributed by atoms with Crippen LogP contribution in [0.3, 0.4) is 0 Å². The molecule has 3 aromatic rings. The van der Waals surface area contributed by atoms with Crippen molar-refractivity contribution in [2.45, 2.75) is 10.3 Å². The highest BCUT2D eigenvalue weighted by atomic mass is 32.2. The van der Waals surface area contributed by atoms with E-state index in [0.717, 1.165) is 21.2 Å². The van der Waals surface area contributed by atoms with Crippen LogP contribution < -0.4 is 10.1 Å². The monoisotopic (exact) mass is 434 g/mol. The molecule has 0 bridgehead atoms. The van der Waals surface area contributed by atoms with Gasteiger partial charge in [0.05, 0.1) is 13.7 Å². The van der Waals surface area contributed by atoms with Crippen LogP contribution in [-0.4, -0.2) is 48.9 Å². The fourth-order valence-corrected chi connectivity index (χ4v) is 5.13. The molecule has 1 atom stereocenters. The Hall–Kier alpha value is -2.69. The normalized spacial score (nSPS) is 12.7. The summed E-state index contributed by atoms with van der Waals surface area (Å²) in [6.07, 6.45) is 3.43. The summed E-state index contributed by atoms with van der Waals surface area (Å²) in [5, 5.41) is 4.58. The van der Waals surface area contributed by atoms with Gasteiger partial charge in [-0.05, 0) is 29.1 Å². The van der Waals surface area contributed by atoms with Gasteiger partial charge in [0.25, 0.3) is 10.0 Å². The summed E-state index contributed by atoms with van der Waals surface area (Å²) < 4.78 is 33.4. The van der Waals surface area contributed by atoms with Gasteiger partial charge < -0.3 is 14.6 Å². The fourth-order valence-electron chi connectivity index (χ4n) is 2.81. The second-order valence-corrected chi connectivity index (χ2v) is 9.58. The first-order chi connectivity index (χ1) is 13.8. The number of sulfonamides is 1. The molecule has 1 aromatic carbocycles. The molecular weight excluding hydrogens is 412 g/mol. The largest absolute Gasteiger partial charge is 0.497 e. The summed E-state index contributed by atoms with van der Waals surface area (Å²) in [6, 6.07) is 9.91. The molecule has 2 aromatic heterocycles. The molecule has 0 aliphatic rings. The quantitative estimate of drug-likeness (QED) is 0.585. The molecule has 3 rings (SSSR count). The minimum absolute atomic E-state index is 0.198. The summed E-state index contributed by atoms with van der Waals surface area (Å²) in [6.45, 7) is -0.308. The Morgan fingerprint density at radius 1 is 1.31 bits per heavy atom. The fraction of sp³-hybridized carbons (Fsp3) is 0.263. The van der Waals surface area contributed by atoms with Crippen LogP contribution in [0, 0.1) is 0 Å². The minimum atomic E-state index is -3.71. The second kappa shape index (κ2) is 8.76. The highest BCUT2D eigenvalue weighted by molar-refractivity contribution is 7.91. The molecule has 0 aliphatic carbocycles. The van der Waals surface area contributed by atoms with Gasteiger partial charge in [-0.1, -0.05) is 18.2 Å². The average Bonchev–Trinajstić information content (AvgIpc) is 3.38. The number of nitrogens with zero attached hydrogens (tertiary/aromatic N) is 3. The van der Waals surface area contributed by atoms with Gasteiger partial charge in [0.1, 0.15) is 21.8 Å². The molecule has 1 unspecified atom stereocenters. The van der Waals surface area contributed by atoms with E-state index in [1.54, 1.807) is 47.6 Å². The molecule has 29 heavy (non-hydrogen) atoms. The third-order valence-electron chi connectivity index (χ3n) is 4.40. The first-order valence-electron chi connectivity index (χ1n) is 8.73. The maximum atomic E-state index is 12.7. The Bertz CT molecular complexity index is 1060. The van der Waals surface area contributed by atoms with E-state index in [0.29, 0.717) is 11.6 Å². The van der Waals surface area contributed by atoms with E-state index < -0.39 is 22.0 Å². The number of aromatic nitrogens is 2. The van der Waals surface area contributed by atoms with Gasteiger partial charge in [0.2, 0.25) is 5.91 Å². The Kier molecular flexibility index (Phi) is 6.36. The molecule has 0 saturated heterocycles. The Balaban J connectivity index is 1.80. The van der Waals surface area contributed by atoms with Crippen LogP contribution in [0.4, 0.5) is 0 Å². The van der Waals surface area contributed by atoms with Crippen LogP contribution >= 0.6 is 11.3 Å². The van der Waals surface area contributed by atoms with Crippen molar-refractivity contribution in [1.29, 1.82) is 0 Å². The predicted molar refractivity (Wildman–Crippen MR) is 110 cm³/mol. The van der Waals surface area contributed by atoms with Crippen LogP contribution in [0.15, 0.2) is 58.4 Å². The van der Waals surface area contributed by atoms with Crippen molar-refractivity contribution in [2.24, 2.45) is 7.05 Å². The number of amides is 1. The molecule has 0 spiro atoms. The highest BCUT2D eigenvalue weighted by Crippen LogP contribution is 2.23. The zero-order valence-corrected chi connectivity index (χ0v) is 17.9. The summed E-state index contributed by atoms with van der Waals surface area (Å²) in [5.74, 6) is 0.893. The number of hydrogen-bond acceptors (Lipinski definition) is 6. The lowest BCUT2D eigenvalue weighted by Gasteiger charge is -2.21. The van der Waals surface area contributed by atoms with E-state index in [4.69, 9.17) is 4.74 Å². The van der Waals surface area contributed by atoms with Crippen molar-refractivity contribution in [1.82, 2.24) is 19.2 Å². The predicted octanol–water partition coefficient (Wildman–Crippen LogP) is 2.02. The lowest BCUT2D eigenvalue weighted by atomic mass is 10.1. The second-order valence-electron chi connectivity index (χ2n) is 6.36. The summed E-state index contributed by atoms with van der Waals surface area (Å²) in [5.41, 5.74) is 0.803. The van der Waals surface area contributed by atoms with Crippen molar-refractivity contribution >= 4 is 27.3 Å². The molecule has 1 amide bonds. The maximum Gasteiger partial charge on any atom is 0.252 e. The van der Waals surface area contributed by atoms with E-state index >= 15 is 0 Å². The number of carbonyl (C=O) groups excluding carboxylic acids is 1. The van der Waals surface area contributed by atoms with Crippen molar-refractivity contribution in [3.63, 3.8) is 0 Å². The minimum Gasteiger partial charge on any atom is -0.497 e. The van der Waals surface area contributed by atoms with Gasteiger partial charge in [0, 0.05) is 26.5 Å². The average molecular weight is 435 g/mol. The number of thiophene rings is 1. The molecule has 0 radical (unpaired) electrons. The van der Waals surface area contributed by atoms with Gasteiger partial charge in [-0.15, -0.1) is 11.3 Å². The third kappa shape index (κ3) is 4.66. The molecule has 1 N–H and O–H groups in total. The number of imidazole rings is 1. The van der Waals surface area contributed by atoms with E-state index in [1.165, 1.54) is 13.1 Å². The lowest BCUT2D eigenvalue weighted by molar-refractivity contribution is -0.121. The molecular formula is C19H22N4O4S2. The highest BCUT2D eigenvalue weighted by Gasteiger charge is 2.26. The van der Waals surface area contributed by atoms with Crippen molar-refractivity contribution in [2.75, 3.05) is 20.7 Å². The maximum absolute atomic E-state index is 12.7. The number of nitrogens with one attached hydrogen (secondary N) is 1. The number of likely N-dealkylation sites (N-methyl/N-ethyl adjacent to an activating group) is 1. The number of rotatable bonds is 8. The first kappa shape index (κ1) is 21.0. The molecule has 10 heteroatoms. The zero-order valence-electron chi connectivity index (χ0n) is 16.3. The molecule has 8 nitrogen and oxygen atoms in total. The summed E-state index contributed by atoms with van der Waals surface area (Å²) >= 11 is 1.11. The summed E-state index contributed by atoms with van der Waals surface area (Å²) in [4.78, 5) is 17.1. The van der Waals surface area contributed by atoms with Gasteiger partial charge >= 0.3 is 0 Å². The van der Waals surface area contributed by atoms with Crippen LogP contribution in [0.1, 0.15) is 17.4 Å². The Morgan fingerprint density at radius 3 is 2.59 bits per heavy atom. The number of ether oxygens (including phenoxy) is 1. The van der Waals surface area contributed by atoms with Crippen LogP contribution in [0.25, 0.3) is 0 Å². The van der Waals surface area contributed by atoms with E-state index in [-0.39, 0.29) is 10.8 Å². The molecule has 154 valence electrons. The standard InChI is InChI=1S/C19H22N4O4S2/c1-22-11-10-20-19(22)18(14-6-8-15(27-3)9-7-14)21-16(24)13-23(2)29(25,26)17-5-4-12-28-17/h4-12,18H,13H2,1-3H3,(H,21,24). The topological polar surface area (TPSA) is 93.5 Å². The number of carbonyl (C=O) groups is 1. The van der Waals surface area contributed by atoms with E-state index in [1.807, 2.05) is 19.2 Å². The van der Waals surface area contributed by atoms with E-state index in [2.05, 4.69) is 10.3 Å². The van der Waals surface area contributed by atoms with Crippen molar-refractivity contribution < 1.29 is 17.9 Å². The van der Waals surface area contributed by atoms with Crippen LogP contribution in [0.2, 0.25) is 0 Å².